The summed E-state index contributed by atoms with van der Waals surface area (Å²) in [5.74, 6) is 0.370. The number of halogens is 3. The van der Waals surface area contributed by atoms with Gasteiger partial charge in [0.1, 0.15) is 12.4 Å². The fourth-order valence-corrected chi connectivity index (χ4v) is 2.03. The summed E-state index contributed by atoms with van der Waals surface area (Å²) in [6.07, 6.45) is -4.61. The quantitative estimate of drug-likeness (QED) is 0.938. The molecule has 0 fully saturated rings. The number of alkyl halides is 3. The van der Waals surface area contributed by atoms with Gasteiger partial charge >= 0.3 is 6.18 Å². The van der Waals surface area contributed by atoms with Gasteiger partial charge in [0, 0.05) is 5.56 Å². The second-order valence-electron chi connectivity index (χ2n) is 4.44. The van der Waals surface area contributed by atoms with E-state index in [1.54, 1.807) is 30.3 Å². The van der Waals surface area contributed by atoms with Gasteiger partial charge in [-0.25, -0.2) is 0 Å². The summed E-state index contributed by atoms with van der Waals surface area (Å²) in [6.45, 7) is -0.158. The molecule has 0 amide bonds. The Hall–Kier alpha value is -2.52. The summed E-state index contributed by atoms with van der Waals surface area (Å²) in [7, 11) is 0. The first-order valence-electron chi connectivity index (χ1n) is 6.41. The third-order valence-electron chi connectivity index (χ3n) is 2.99. The zero-order valence-corrected chi connectivity index (χ0v) is 11.4. The molecule has 1 N–H and O–H groups in total. The minimum absolute atomic E-state index is 0.0411. The number of hydrogen-bond acceptors (Lipinski definition) is 3. The maximum absolute atomic E-state index is 13.0. The summed E-state index contributed by atoms with van der Waals surface area (Å²) in [5.41, 5.74) is -0.653. The lowest BCUT2D eigenvalue weighted by Crippen LogP contribution is -2.08. The van der Waals surface area contributed by atoms with Crippen molar-refractivity contribution in [2.45, 2.75) is 6.18 Å². The summed E-state index contributed by atoms with van der Waals surface area (Å²) < 4.78 is 44.4. The van der Waals surface area contributed by atoms with Crippen molar-refractivity contribution in [3.05, 3.63) is 53.6 Å². The minimum Gasteiger partial charge on any atom is -0.491 e. The van der Waals surface area contributed by atoms with Crippen molar-refractivity contribution in [3.63, 3.8) is 0 Å². The Bertz CT molecular complexity index is 705. The summed E-state index contributed by atoms with van der Waals surface area (Å²) in [6, 6.07) is 11.6. The zero-order chi connectivity index (χ0) is 16.2. The molecule has 0 atom stereocenters. The van der Waals surface area contributed by atoms with Gasteiger partial charge in [-0.2, -0.15) is 18.4 Å². The van der Waals surface area contributed by atoms with Crippen LogP contribution in [0.25, 0.3) is 11.1 Å². The second kappa shape index (κ2) is 6.50. The van der Waals surface area contributed by atoms with Crippen molar-refractivity contribution >= 4 is 0 Å². The first-order chi connectivity index (χ1) is 10.5. The average Bonchev–Trinajstić information content (AvgIpc) is 2.51. The highest BCUT2D eigenvalue weighted by molar-refractivity contribution is 5.72. The van der Waals surface area contributed by atoms with E-state index in [1.165, 1.54) is 6.07 Å². The molecule has 0 aliphatic rings. The smallest absolute Gasteiger partial charge is 0.417 e. The molecule has 0 saturated heterocycles. The molecular formula is C16H12F3NO2. The number of benzene rings is 2. The molecule has 6 heteroatoms. The van der Waals surface area contributed by atoms with Gasteiger partial charge in [0.2, 0.25) is 0 Å². The SMILES string of the molecule is N#Cc1ccc(-c2ccccc2OCCO)cc1C(F)(F)F. The summed E-state index contributed by atoms with van der Waals surface area (Å²) >= 11 is 0. The van der Waals surface area contributed by atoms with Crippen LogP contribution in [0.3, 0.4) is 0 Å². The Morgan fingerprint density at radius 3 is 2.50 bits per heavy atom. The molecule has 114 valence electrons. The van der Waals surface area contributed by atoms with Crippen molar-refractivity contribution in [3.8, 4) is 22.9 Å². The van der Waals surface area contributed by atoms with E-state index in [9.17, 15) is 13.2 Å². The number of hydrogen-bond donors (Lipinski definition) is 1. The first-order valence-corrected chi connectivity index (χ1v) is 6.41. The molecule has 3 nitrogen and oxygen atoms in total. The number of nitriles is 1. The van der Waals surface area contributed by atoms with Gasteiger partial charge in [0.25, 0.3) is 0 Å². The first kappa shape index (κ1) is 15.9. The molecule has 0 radical (unpaired) electrons. The number of aliphatic hydroxyl groups excluding tert-OH is 1. The van der Waals surface area contributed by atoms with Crippen molar-refractivity contribution < 1.29 is 23.0 Å². The van der Waals surface area contributed by atoms with E-state index < -0.39 is 17.3 Å². The van der Waals surface area contributed by atoms with E-state index in [1.807, 2.05) is 0 Å². The van der Waals surface area contributed by atoms with Crippen LogP contribution in [-0.4, -0.2) is 18.3 Å². The van der Waals surface area contributed by atoms with Crippen LogP contribution in [0, 0.1) is 11.3 Å². The van der Waals surface area contributed by atoms with E-state index in [2.05, 4.69) is 0 Å². The van der Waals surface area contributed by atoms with Crippen LogP contribution in [0.5, 0.6) is 5.75 Å². The number of rotatable bonds is 4. The van der Waals surface area contributed by atoms with E-state index in [0.29, 0.717) is 16.9 Å². The van der Waals surface area contributed by atoms with Crippen LogP contribution < -0.4 is 4.74 Å². The molecule has 0 spiro atoms. The van der Waals surface area contributed by atoms with Gasteiger partial charge in [-0.3, -0.25) is 0 Å². The molecule has 0 saturated carbocycles. The molecule has 0 heterocycles. The number of ether oxygens (including phenoxy) is 1. The van der Waals surface area contributed by atoms with Crippen molar-refractivity contribution in [2.75, 3.05) is 13.2 Å². The predicted octanol–water partition coefficient (Wildman–Crippen LogP) is 3.62. The highest BCUT2D eigenvalue weighted by Crippen LogP contribution is 2.37. The molecule has 2 aromatic rings. The fourth-order valence-electron chi connectivity index (χ4n) is 2.03. The molecule has 0 aliphatic carbocycles. The van der Waals surface area contributed by atoms with Gasteiger partial charge in [0.15, 0.2) is 0 Å². The molecule has 2 aromatic carbocycles. The van der Waals surface area contributed by atoms with Gasteiger partial charge < -0.3 is 9.84 Å². The number of aliphatic hydroxyl groups is 1. The van der Waals surface area contributed by atoms with E-state index in [0.717, 1.165) is 12.1 Å². The van der Waals surface area contributed by atoms with Crippen LogP contribution in [-0.2, 0) is 6.18 Å². The maximum atomic E-state index is 13.0. The van der Waals surface area contributed by atoms with Crippen LogP contribution in [0.2, 0.25) is 0 Å². The molecule has 0 aromatic heterocycles. The lowest BCUT2D eigenvalue weighted by molar-refractivity contribution is -0.137. The standard InChI is InChI=1S/C16H12F3NO2/c17-16(18,19)14-9-11(5-6-12(14)10-20)13-3-1-2-4-15(13)22-8-7-21/h1-6,9,21H,7-8H2. The van der Waals surface area contributed by atoms with Crippen LogP contribution in [0.15, 0.2) is 42.5 Å². The van der Waals surface area contributed by atoms with Crippen LogP contribution in [0.1, 0.15) is 11.1 Å². The Morgan fingerprint density at radius 2 is 1.86 bits per heavy atom. The third kappa shape index (κ3) is 3.38. The van der Waals surface area contributed by atoms with E-state index in [-0.39, 0.29) is 13.2 Å². The third-order valence-corrected chi connectivity index (χ3v) is 2.99. The van der Waals surface area contributed by atoms with Gasteiger partial charge in [0.05, 0.1) is 23.8 Å². The topological polar surface area (TPSA) is 53.2 Å². The molecular weight excluding hydrogens is 295 g/mol. The summed E-state index contributed by atoms with van der Waals surface area (Å²) in [4.78, 5) is 0. The Kier molecular flexibility index (Phi) is 4.68. The Labute approximate surface area is 125 Å². The highest BCUT2D eigenvalue weighted by Gasteiger charge is 2.34. The van der Waals surface area contributed by atoms with E-state index in [4.69, 9.17) is 15.1 Å². The Balaban J connectivity index is 2.53. The van der Waals surface area contributed by atoms with Crippen molar-refractivity contribution in [1.29, 1.82) is 5.26 Å². The normalized spacial score (nSPS) is 11.0. The van der Waals surface area contributed by atoms with E-state index >= 15 is 0 Å². The largest absolute Gasteiger partial charge is 0.491 e. The number of nitrogens with zero attached hydrogens (tertiary/aromatic N) is 1. The molecule has 0 unspecified atom stereocenters. The van der Waals surface area contributed by atoms with Crippen molar-refractivity contribution in [1.82, 2.24) is 0 Å². The molecule has 0 aliphatic heterocycles. The monoisotopic (exact) mass is 307 g/mol. The van der Waals surface area contributed by atoms with Crippen LogP contribution >= 0.6 is 0 Å². The minimum atomic E-state index is -4.61. The van der Waals surface area contributed by atoms with Gasteiger partial charge in [-0.05, 0) is 23.8 Å². The summed E-state index contributed by atoms with van der Waals surface area (Å²) in [5, 5.41) is 17.6. The van der Waals surface area contributed by atoms with Crippen molar-refractivity contribution in [2.24, 2.45) is 0 Å². The second-order valence-corrected chi connectivity index (χ2v) is 4.44. The van der Waals surface area contributed by atoms with Gasteiger partial charge in [-0.15, -0.1) is 0 Å². The average molecular weight is 307 g/mol. The lowest BCUT2D eigenvalue weighted by atomic mass is 9.98. The molecule has 22 heavy (non-hydrogen) atoms. The van der Waals surface area contributed by atoms with Crippen LogP contribution in [0.4, 0.5) is 13.2 Å². The predicted molar refractivity (Wildman–Crippen MR) is 74.2 cm³/mol. The lowest BCUT2D eigenvalue weighted by Gasteiger charge is -2.14. The Morgan fingerprint density at radius 1 is 1.14 bits per heavy atom. The number of para-hydroxylation sites is 1. The maximum Gasteiger partial charge on any atom is 0.417 e. The highest BCUT2D eigenvalue weighted by atomic mass is 19.4. The molecule has 2 rings (SSSR count). The zero-order valence-electron chi connectivity index (χ0n) is 11.4. The van der Waals surface area contributed by atoms with Gasteiger partial charge in [-0.1, -0.05) is 24.3 Å². The fraction of sp³-hybridized carbons (Fsp3) is 0.188. The molecule has 0 bridgehead atoms.